The van der Waals surface area contributed by atoms with Gasteiger partial charge in [-0.1, -0.05) is 29.8 Å². The van der Waals surface area contributed by atoms with Crippen LogP contribution in [0.15, 0.2) is 42.6 Å². The van der Waals surface area contributed by atoms with Crippen LogP contribution < -0.4 is 4.74 Å². The van der Waals surface area contributed by atoms with Crippen molar-refractivity contribution in [1.29, 1.82) is 0 Å². The second-order valence-corrected chi connectivity index (χ2v) is 4.77. The summed E-state index contributed by atoms with van der Waals surface area (Å²) in [5.41, 5.74) is 1.72. The molecule has 2 aromatic rings. The molecule has 0 bridgehead atoms. The quantitative estimate of drug-likeness (QED) is 0.918. The van der Waals surface area contributed by atoms with Gasteiger partial charge in [-0.05, 0) is 23.3 Å². The number of carboxylic acids is 1. The molecule has 0 unspecified atom stereocenters. The van der Waals surface area contributed by atoms with Gasteiger partial charge >= 0.3 is 5.97 Å². The first-order chi connectivity index (χ1) is 9.60. The first-order valence-electron chi connectivity index (χ1n) is 6.07. The van der Waals surface area contributed by atoms with Crippen LogP contribution in [0, 0.1) is 0 Å². The molecule has 0 amide bonds. The maximum atomic E-state index is 11.1. The molecule has 20 heavy (non-hydrogen) atoms. The number of rotatable bonds is 5. The number of aromatic nitrogens is 1. The molecule has 0 saturated heterocycles. The van der Waals surface area contributed by atoms with Crippen molar-refractivity contribution in [2.75, 3.05) is 7.11 Å². The van der Waals surface area contributed by atoms with Crippen LogP contribution in [0.1, 0.15) is 23.5 Å². The van der Waals surface area contributed by atoms with Crippen molar-refractivity contribution < 1.29 is 14.6 Å². The normalized spacial score (nSPS) is 11.9. The number of methoxy groups -OCH3 is 1. The smallest absolute Gasteiger partial charge is 0.304 e. The topological polar surface area (TPSA) is 59.4 Å². The highest BCUT2D eigenvalue weighted by atomic mass is 35.5. The van der Waals surface area contributed by atoms with Crippen molar-refractivity contribution in [2.45, 2.75) is 12.3 Å². The van der Waals surface area contributed by atoms with Crippen LogP contribution in [0.2, 0.25) is 5.02 Å². The van der Waals surface area contributed by atoms with Crippen LogP contribution in [0.5, 0.6) is 5.88 Å². The Bertz CT molecular complexity index is 581. The van der Waals surface area contributed by atoms with E-state index in [1.54, 1.807) is 24.4 Å². The third kappa shape index (κ3) is 3.48. The molecule has 1 aromatic heterocycles. The van der Waals surface area contributed by atoms with Crippen LogP contribution >= 0.6 is 11.6 Å². The zero-order chi connectivity index (χ0) is 14.5. The van der Waals surface area contributed by atoms with E-state index in [2.05, 4.69) is 4.98 Å². The minimum Gasteiger partial charge on any atom is -0.481 e. The van der Waals surface area contributed by atoms with Gasteiger partial charge in [0.05, 0.1) is 13.5 Å². The fourth-order valence-electron chi connectivity index (χ4n) is 2.02. The Morgan fingerprint density at radius 3 is 2.40 bits per heavy atom. The lowest BCUT2D eigenvalue weighted by molar-refractivity contribution is -0.137. The number of carbonyl (C=O) groups is 1. The second kappa shape index (κ2) is 6.39. The minimum absolute atomic E-state index is 0.00432. The van der Waals surface area contributed by atoms with E-state index in [4.69, 9.17) is 21.4 Å². The summed E-state index contributed by atoms with van der Waals surface area (Å²) in [6.45, 7) is 0. The van der Waals surface area contributed by atoms with Gasteiger partial charge in [-0.3, -0.25) is 4.79 Å². The Hall–Kier alpha value is -2.07. The number of nitrogens with zero attached hydrogens (tertiary/aromatic N) is 1. The maximum absolute atomic E-state index is 11.1. The molecule has 0 fully saturated rings. The molecule has 0 aliphatic rings. The number of halogens is 1. The average molecular weight is 292 g/mol. The predicted molar refractivity (Wildman–Crippen MR) is 76.3 cm³/mol. The molecule has 0 radical (unpaired) electrons. The summed E-state index contributed by atoms with van der Waals surface area (Å²) in [6.07, 6.45) is 1.64. The number of carboxylic acid groups (broad SMARTS) is 1. The van der Waals surface area contributed by atoms with Crippen LogP contribution in [0.25, 0.3) is 0 Å². The van der Waals surface area contributed by atoms with Gasteiger partial charge in [0, 0.05) is 23.2 Å². The second-order valence-electron chi connectivity index (χ2n) is 4.34. The summed E-state index contributed by atoms with van der Waals surface area (Å²) >= 11 is 5.86. The Kier molecular flexibility index (Phi) is 4.58. The fourth-order valence-corrected chi connectivity index (χ4v) is 2.14. The lowest BCUT2D eigenvalue weighted by atomic mass is 9.89. The standard InChI is InChI=1S/C15H14ClNO3/c1-20-14-7-4-11(9-17-14)13(8-15(18)19)10-2-5-12(16)6-3-10/h2-7,9,13H,8H2,1H3,(H,18,19)/t13-/m0/s1. The summed E-state index contributed by atoms with van der Waals surface area (Å²) < 4.78 is 5.01. The van der Waals surface area contributed by atoms with Crippen LogP contribution in [-0.2, 0) is 4.79 Å². The molecule has 4 nitrogen and oxygen atoms in total. The van der Waals surface area contributed by atoms with Gasteiger partial charge in [-0.25, -0.2) is 4.98 Å². The van der Waals surface area contributed by atoms with E-state index < -0.39 is 5.97 Å². The largest absolute Gasteiger partial charge is 0.481 e. The Labute approximate surface area is 122 Å². The number of hydrogen-bond acceptors (Lipinski definition) is 3. The molecule has 0 aliphatic heterocycles. The molecule has 2 rings (SSSR count). The zero-order valence-corrected chi connectivity index (χ0v) is 11.7. The van der Waals surface area contributed by atoms with E-state index in [-0.39, 0.29) is 12.3 Å². The van der Waals surface area contributed by atoms with Crippen molar-refractivity contribution in [2.24, 2.45) is 0 Å². The third-order valence-electron chi connectivity index (χ3n) is 3.02. The minimum atomic E-state index is -0.860. The molecule has 1 N–H and O–H groups in total. The van der Waals surface area contributed by atoms with E-state index in [0.29, 0.717) is 10.9 Å². The van der Waals surface area contributed by atoms with E-state index >= 15 is 0 Å². The number of ether oxygens (including phenoxy) is 1. The van der Waals surface area contributed by atoms with Gasteiger partial charge in [-0.15, -0.1) is 0 Å². The molecule has 5 heteroatoms. The van der Waals surface area contributed by atoms with Gasteiger partial charge in [-0.2, -0.15) is 0 Å². The van der Waals surface area contributed by atoms with Gasteiger partial charge < -0.3 is 9.84 Å². The van der Waals surface area contributed by atoms with Gasteiger partial charge in [0.1, 0.15) is 0 Å². The van der Waals surface area contributed by atoms with Crippen molar-refractivity contribution in [3.05, 3.63) is 58.7 Å². The molecule has 0 spiro atoms. The highest BCUT2D eigenvalue weighted by Gasteiger charge is 2.18. The summed E-state index contributed by atoms with van der Waals surface area (Å²) in [6, 6.07) is 10.7. The molecule has 1 atom stereocenters. The third-order valence-corrected chi connectivity index (χ3v) is 3.27. The van der Waals surface area contributed by atoms with Crippen molar-refractivity contribution >= 4 is 17.6 Å². The van der Waals surface area contributed by atoms with Gasteiger partial charge in [0.25, 0.3) is 0 Å². The van der Waals surface area contributed by atoms with E-state index in [0.717, 1.165) is 11.1 Å². The number of pyridine rings is 1. The van der Waals surface area contributed by atoms with Crippen molar-refractivity contribution in [3.8, 4) is 5.88 Å². The highest BCUT2D eigenvalue weighted by Crippen LogP contribution is 2.29. The molecular formula is C15H14ClNO3. The monoisotopic (exact) mass is 291 g/mol. The summed E-state index contributed by atoms with van der Waals surface area (Å²) in [5.74, 6) is -0.622. The van der Waals surface area contributed by atoms with E-state index in [1.807, 2.05) is 18.2 Å². The van der Waals surface area contributed by atoms with E-state index in [9.17, 15) is 4.79 Å². The van der Waals surface area contributed by atoms with Gasteiger partial charge in [0.15, 0.2) is 0 Å². The Morgan fingerprint density at radius 1 is 1.25 bits per heavy atom. The molecule has 0 aliphatic carbocycles. The molecule has 1 aromatic carbocycles. The van der Waals surface area contributed by atoms with Crippen molar-refractivity contribution in [1.82, 2.24) is 4.98 Å². The van der Waals surface area contributed by atoms with Crippen molar-refractivity contribution in [3.63, 3.8) is 0 Å². The summed E-state index contributed by atoms with van der Waals surface area (Å²) in [5, 5.41) is 9.71. The predicted octanol–water partition coefficient (Wildman–Crippen LogP) is 3.35. The van der Waals surface area contributed by atoms with E-state index in [1.165, 1.54) is 7.11 Å². The van der Waals surface area contributed by atoms with Crippen LogP contribution in [0.4, 0.5) is 0 Å². The zero-order valence-electron chi connectivity index (χ0n) is 10.9. The number of hydrogen-bond donors (Lipinski definition) is 1. The first-order valence-corrected chi connectivity index (χ1v) is 6.45. The lowest BCUT2D eigenvalue weighted by Gasteiger charge is -2.16. The SMILES string of the molecule is COc1ccc([C@@H](CC(=O)O)c2ccc(Cl)cc2)cn1. The average Bonchev–Trinajstić information content (AvgIpc) is 2.46. The summed E-state index contributed by atoms with van der Waals surface area (Å²) in [7, 11) is 1.54. The van der Waals surface area contributed by atoms with Crippen LogP contribution in [-0.4, -0.2) is 23.2 Å². The Balaban J connectivity index is 2.35. The highest BCUT2D eigenvalue weighted by molar-refractivity contribution is 6.30. The molecule has 0 saturated carbocycles. The van der Waals surface area contributed by atoms with Gasteiger partial charge in [0.2, 0.25) is 5.88 Å². The van der Waals surface area contributed by atoms with Crippen LogP contribution in [0.3, 0.4) is 0 Å². The summed E-state index contributed by atoms with van der Waals surface area (Å²) in [4.78, 5) is 15.2. The lowest BCUT2D eigenvalue weighted by Crippen LogP contribution is -2.08. The fraction of sp³-hybridized carbons (Fsp3) is 0.200. The molecule has 1 heterocycles. The number of aliphatic carboxylic acids is 1. The molecule has 104 valence electrons. The first kappa shape index (κ1) is 14.3. The Morgan fingerprint density at radius 2 is 1.90 bits per heavy atom. The number of benzene rings is 1. The maximum Gasteiger partial charge on any atom is 0.304 e. The molecular weight excluding hydrogens is 278 g/mol.